The van der Waals surface area contributed by atoms with E-state index in [9.17, 15) is 9.36 Å². The van der Waals surface area contributed by atoms with Crippen LogP contribution in [0.2, 0.25) is 0 Å². The van der Waals surface area contributed by atoms with E-state index in [1.165, 1.54) is 0 Å². The van der Waals surface area contributed by atoms with Crippen molar-refractivity contribution < 1.29 is 23.4 Å². The van der Waals surface area contributed by atoms with Gasteiger partial charge in [-0.15, -0.1) is 0 Å². The van der Waals surface area contributed by atoms with Crippen molar-refractivity contribution in [1.29, 1.82) is 0 Å². The lowest BCUT2D eigenvalue weighted by Crippen LogP contribution is -2.20. The van der Waals surface area contributed by atoms with E-state index in [1.54, 1.807) is 0 Å². The fraction of sp³-hybridized carbons (Fsp3) is 0.857. The molecule has 0 aromatic carbocycles. The summed E-state index contributed by atoms with van der Waals surface area (Å²) in [6.45, 7) is 0.0589. The first-order valence-electron chi connectivity index (χ1n) is 4.29. The number of ether oxygens (including phenoxy) is 2. The minimum atomic E-state index is -2.28. The molecule has 0 spiro atoms. The molecule has 1 saturated carbocycles. The summed E-state index contributed by atoms with van der Waals surface area (Å²) in [5, 5.41) is 0. The van der Waals surface area contributed by atoms with Gasteiger partial charge in [0, 0.05) is 0 Å². The van der Waals surface area contributed by atoms with Gasteiger partial charge in [0.1, 0.15) is 6.61 Å². The highest BCUT2D eigenvalue weighted by Crippen LogP contribution is 2.39. The van der Waals surface area contributed by atoms with Crippen LogP contribution in [0.5, 0.6) is 0 Å². The molecule has 2 atom stereocenters. The van der Waals surface area contributed by atoms with Crippen molar-refractivity contribution in [1.82, 2.24) is 0 Å². The maximum Gasteiger partial charge on any atom is 0.509 e. The van der Waals surface area contributed by atoms with Crippen LogP contribution in [-0.4, -0.2) is 24.7 Å². The highest BCUT2D eigenvalue weighted by atomic mass is 31.1. The van der Waals surface area contributed by atoms with Gasteiger partial charge in [-0.1, -0.05) is 0 Å². The van der Waals surface area contributed by atoms with Gasteiger partial charge >= 0.3 is 6.16 Å². The zero-order valence-corrected chi connectivity index (χ0v) is 8.02. The fourth-order valence-electron chi connectivity index (χ4n) is 1.17. The molecule has 0 amide bonds. The fourth-order valence-corrected chi connectivity index (χ4v) is 2.30. The van der Waals surface area contributed by atoms with Crippen molar-refractivity contribution in [2.75, 3.05) is 6.61 Å². The first-order valence-corrected chi connectivity index (χ1v) is 5.69. The summed E-state index contributed by atoms with van der Waals surface area (Å²) in [4.78, 5) is 10.5. The van der Waals surface area contributed by atoms with Crippen molar-refractivity contribution in [2.24, 2.45) is 0 Å². The standard InChI is InChI=1S/C7H11O5P/c8-7-10-4-6(11-7)13(9)12-5-2-1-3-5/h5-6,13H,1-4H2. The molecule has 2 unspecified atom stereocenters. The quantitative estimate of drug-likeness (QED) is 0.517. The number of rotatable bonds is 3. The van der Waals surface area contributed by atoms with Crippen LogP contribution < -0.4 is 0 Å². The van der Waals surface area contributed by atoms with Gasteiger partial charge in [-0.25, -0.2) is 4.79 Å². The molecule has 5 nitrogen and oxygen atoms in total. The van der Waals surface area contributed by atoms with Crippen LogP contribution >= 0.6 is 8.03 Å². The minimum Gasteiger partial charge on any atom is -0.430 e. The molecule has 0 aromatic heterocycles. The van der Waals surface area contributed by atoms with E-state index in [2.05, 4.69) is 9.47 Å². The summed E-state index contributed by atoms with van der Waals surface area (Å²) in [5.41, 5.74) is 0. The van der Waals surface area contributed by atoms with E-state index < -0.39 is 20.0 Å². The Morgan fingerprint density at radius 2 is 2.23 bits per heavy atom. The minimum absolute atomic E-state index is 0.0589. The molecule has 2 rings (SSSR count). The monoisotopic (exact) mass is 206 g/mol. The van der Waals surface area contributed by atoms with E-state index in [0.717, 1.165) is 19.3 Å². The van der Waals surface area contributed by atoms with Gasteiger partial charge in [0.25, 0.3) is 0 Å². The molecular formula is C7H11O5P. The molecular weight excluding hydrogens is 195 g/mol. The predicted molar refractivity (Wildman–Crippen MR) is 43.9 cm³/mol. The van der Waals surface area contributed by atoms with E-state index in [-0.39, 0.29) is 12.7 Å². The van der Waals surface area contributed by atoms with Crippen LogP contribution in [0.25, 0.3) is 0 Å². The van der Waals surface area contributed by atoms with Crippen LogP contribution in [0.4, 0.5) is 4.79 Å². The maximum atomic E-state index is 11.4. The smallest absolute Gasteiger partial charge is 0.430 e. The van der Waals surface area contributed by atoms with Gasteiger partial charge in [-0.2, -0.15) is 0 Å². The molecule has 1 aliphatic carbocycles. The number of hydrogen-bond acceptors (Lipinski definition) is 5. The third-order valence-electron chi connectivity index (χ3n) is 2.19. The second-order valence-corrected chi connectivity index (χ2v) is 4.68. The largest absolute Gasteiger partial charge is 0.509 e. The molecule has 2 aliphatic rings. The Morgan fingerprint density at radius 3 is 2.69 bits per heavy atom. The van der Waals surface area contributed by atoms with Crippen molar-refractivity contribution in [3.05, 3.63) is 0 Å². The number of hydrogen-bond donors (Lipinski definition) is 0. The predicted octanol–water partition coefficient (Wildman–Crippen LogP) is 1.52. The molecule has 74 valence electrons. The zero-order chi connectivity index (χ0) is 9.26. The summed E-state index contributed by atoms with van der Waals surface area (Å²) in [7, 11) is -2.28. The SMILES string of the molecule is O=C1OCC([PH](=O)OC2CCC2)O1. The number of cyclic esters (lactones) is 2. The van der Waals surface area contributed by atoms with Crippen molar-refractivity contribution >= 4 is 14.2 Å². The third-order valence-corrected chi connectivity index (χ3v) is 3.56. The Balaban J connectivity index is 1.79. The Morgan fingerprint density at radius 1 is 1.46 bits per heavy atom. The first-order chi connectivity index (χ1) is 6.25. The van der Waals surface area contributed by atoms with Gasteiger partial charge in [0.05, 0.1) is 6.10 Å². The van der Waals surface area contributed by atoms with E-state index in [1.807, 2.05) is 0 Å². The lowest BCUT2D eigenvalue weighted by molar-refractivity contribution is 0.109. The van der Waals surface area contributed by atoms with Crippen LogP contribution in [0, 0.1) is 0 Å². The molecule has 0 bridgehead atoms. The molecule has 2 fully saturated rings. The second-order valence-electron chi connectivity index (χ2n) is 3.16. The lowest BCUT2D eigenvalue weighted by atomic mass is 9.97. The Kier molecular flexibility index (Phi) is 2.56. The van der Waals surface area contributed by atoms with Crippen molar-refractivity contribution in [3.63, 3.8) is 0 Å². The average molecular weight is 206 g/mol. The Labute approximate surface area is 76.2 Å². The van der Waals surface area contributed by atoms with E-state index in [0.29, 0.717) is 0 Å². The number of carbonyl (C=O) groups is 1. The molecule has 0 aromatic rings. The molecule has 0 radical (unpaired) electrons. The molecule has 1 saturated heterocycles. The Hall–Kier alpha value is -0.540. The second kappa shape index (κ2) is 3.68. The number of carbonyl (C=O) groups excluding carboxylic acids is 1. The van der Waals surface area contributed by atoms with E-state index >= 15 is 0 Å². The lowest BCUT2D eigenvalue weighted by Gasteiger charge is -2.25. The summed E-state index contributed by atoms with van der Waals surface area (Å²) in [6, 6.07) is 0. The molecule has 13 heavy (non-hydrogen) atoms. The summed E-state index contributed by atoms with van der Waals surface area (Å²) >= 11 is 0. The van der Waals surface area contributed by atoms with E-state index in [4.69, 9.17) is 4.52 Å². The maximum absolute atomic E-state index is 11.4. The van der Waals surface area contributed by atoms with Gasteiger partial charge in [0.15, 0.2) is 0 Å². The average Bonchev–Trinajstić information content (AvgIpc) is 2.44. The molecule has 1 heterocycles. The van der Waals surface area contributed by atoms with Gasteiger partial charge in [0.2, 0.25) is 13.9 Å². The molecule has 0 N–H and O–H groups in total. The van der Waals surface area contributed by atoms with Gasteiger partial charge in [-0.05, 0) is 19.3 Å². The Bertz CT molecular complexity index is 237. The zero-order valence-electron chi connectivity index (χ0n) is 7.02. The topological polar surface area (TPSA) is 61.8 Å². The molecule has 1 aliphatic heterocycles. The van der Waals surface area contributed by atoms with Crippen molar-refractivity contribution in [2.45, 2.75) is 31.2 Å². The molecule has 6 heteroatoms. The first kappa shape index (κ1) is 9.03. The van der Waals surface area contributed by atoms with Crippen LogP contribution in [-0.2, 0) is 18.6 Å². The van der Waals surface area contributed by atoms with Gasteiger partial charge in [-0.3, -0.25) is 4.57 Å². The highest BCUT2D eigenvalue weighted by molar-refractivity contribution is 7.39. The summed E-state index contributed by atoms with van der Waals surface area (Å²) < 4.78 is 25.8. The highest BCUT2D eigenvalue weighted by Gasteiger charge is 2.33. The van der Waals surface area contributed by atoms with Crippen LogP contribution in [0.1, 0.15) is 19.3 Å². The van der Waals surface area contributed by atoms with Crippen molar-refractivity contribution in [3.8, 4) is 0 Å². The normalized spacial score (nSPS) is 30.5. The third kappa shape index (κ3) is 2.03. The summed E-state index contributed by atoms with van der Waals surface area (Å²) in [5.74, 6) is -0.668. The van der Waals surface area contributed by atoms with Crippen LogP contribution in [0.15, 0.2) is 0 Å². The summed E-state index contributed by atoms with van der Waals surface area (Å²) in [6.07, 6.45) is 2.39. The van der Waals surface area contributed by atoms with Gasteiger partial charge < -0.3 is 14.0 Å². The van der Waals surface area contributed by atoms with Crippen LogP contribution in [0.3, 0.4) is 0 Å².